The number of hydrogen-bond donors (Lipinski definition) is 0. The van der Waals surface area contributed by atoms with Crippen LogP contribution in [-0.2, 0) is 11.2 Å². The fourth-order valence-corrected chi connectivity index (χ4v) is 6.32. The van der Waals surface area contributed by atoms with Crippen molar-refractivity contribution in [2.45, 2.75) is 90.6 Å². The zero-order valence-corrected chi connectivity index (χ0v) is 17.9. The van der Waals surface area contributed by atoms with Crippen molar-refractivity contribution >= 4 is 38.0 Å². The second kappa shape index (κ2) is 9.89. The Kier molecular flexibility index (Phi) is 7.56. The molecule has 1 aliphatic rings. The second-order valence-corrected chi connectivity index (χ2v) is 10.2. The molecular formula is C22H32O2S2. The fourth-order valence-electron chi connectivity index (χ4n) is 3.90. The molecule has 0 atom stereocenters. The Morgan fingerprint density at radius 3 is 2.50 bits per heavy atom. The molecule has 0 radical (unpaired) electrons. The lowest BCUT2D eigenvalue weighted by Gasteiger charge is -2.28. The van der Waals surface area contributed by atoms with Gasteiger partial charge in [-0.2, -0.15) is 0 Å². The molecule has 0 saturated heterocycles. The van der Waals surface area contributed by atoms with Crippen molar-refractivity contribution in [1.82, 2.24) is 0 Å². The van der Waals surface area contributed by atoms with Crippen molar-refractivity contribution in [3.05, 3.63) is 21.9 Å². The molecule has 0 aromatic carbocycles. The monoisotopic (exact) mass is 392 g/mol. The van der Waals surface area contributed by atoms with Crippen molar-refractivity contribution in [2.75, 3.05) is 0 Å². The third kappa shape index (κ3) is 5.32. The van der Waals surface area contributed by atoms with E-state index in [9.17, 15) is 4.79 Å². The lowest BCUT2D eigenvalue weighted by atomic mass is 9.84. The van der Waals surface area contributed by atoms with E-state index < -0.39 is 0 Å². The molecule has 0 unspecified atom stereocenters. The summed E-state index contributed by atoms with van der Waals surface area (Å²) in [7, 11) is 0. The van der Waals surface area contributed by atoms with Gasteiger partial charge in [0.25, 0.3) is 0 Å². The Labute approximate surface area is 166 Å². The average molecular weight is 393 g/mol. The Hall–Kier alpha value is -0.870. The first-order chi connectivity index (χ1) is 12.7. The standard InChI is InChI=1S/C22H32O2S2/c1-3-5-7-9-19-14-17-15-20(26-22(17)25-19)21(23)24-18-12-10-16(11-13-18)8-6-4-2/h14-16,18H,3-13H2,1-2H3. The summed E-state index contributed by atoms with van der Waals surface area (Å²) in [4.78, 5) is 14.7. The molecule has 1 saturated carbocycles. The minimum absolute atomic E-state index is 0.108. The van der Waals surface area contributed by atoms with E-state index in [1.807, 2.05) is 17.4 Å². The van der Waals surface area contributed by atoms with Gasteiger partial charge in [0.05, 0.1) is 4.01 Å². The first-order valence-electron chi connectivity index (χ1n) is 10.4. The normalized spacial score (nSPS) is 20.5. The topological polar surface area (TPSA) is 26.3 Å². The largest absolute Gasteiger partial charge is 0.458 e. The van der Waals surface area contributed by atoms with Gasteiger partial charge in [0.15, 0.2) is 0 Å². The molecule has 2 heterocycles. The van der Waals surface area contributed by atoms with Gasteiger partial charge in [-0.3, -0.25) is 0 Å². The molecule has 2 aromatic rings. The molecule has 2 aromatic heterocycles. The van der Waals surface area contributed by atoms with Crippen molar-refractivity contribution in [3.8, 4) is 0 Å². The van der Waals surface area contributed by atoms with Crippen LogP contribution in [0, 0.1) is 5.92 Å². The maximum absolute atomic E-state index is 12.5. The Morgan fingerprint density at radius 2 is 1.81 bits per heavy atom. The van der Waals surface area contributed by atoms with Gasteiger partial charge in [-0.05, 0) is 56.6 Å². The summed E-state index contributed by atoms with van der Waals surface area (Å²) in [5, 5.41) is 1.22. The van der Waals surface area contributed by atoms with Gasteiger partial charge in [-0.15, -0.1) is 22.7 Å². The smallest absolute Gasteiger partial charge is 0.348 e. The maximum Gasteiger partial charge on any atom is 0.348 e. The van der Waals surface area contributed by atoms with Crippen LogP contribution in [0.2, 0.25) is 0 Å². The maximum atomic E-state index is 12.5. The number of carbonyl (C=O) groups excluding carboxylic acids is 1. The van der Waals surface area contributed by atoms with Crippen LogP contribution >= 0.6 is 22.7 Å². The first kappa shape index (κ1) is 19.9. The highest BCUT2D eigenvalue weighted by Gasteiger charge is 2.25. The third-order valence-electron chi connectivity index (χ3n) is 5.53. The van der Waals surface area contributed by atoms with E-state index in [-0.39, 0.29) is 12.1 Å². The van der Waals surface area contributed by atoms with Crippen LogP contribution in [0.25, 0.3) is 9.40 Å². The van der Waals surface area contributed by atoms with Crippen LogP contribution in [0.4, 0.5) is 0 Å². The first-order valence-corrected chi connectivity index (χ1v) is 12.1. The molecule has 144 valence electrons. The van der Waals surface area contributed by atoms with Crippen LogP contribution in [0.5, 0.6) is 0 Å². The summed E-state index contributed by atoms with van der Waals surface area (Å²) in [6.07, 6.45) is 13.6. The molecule has 0 bridgehead atoms. The summed E-state index contributed by atoms with van der Waals surface area (Å²) in [5.74, 6) is 0.742. The molecule has 26 heavy (non-hydrogen) atoms. The van der Waals surface area contributed by atoms with Crippen molar-refractivity contribution in [2.24, 2.45) is 5.92 Å². The SMILES string of the molecule is CCCCCc1cc2cc(C(=O)OC3CCC(CCCC)CC3)sc2s1. The summed E-state index contributed by atoms with van der Waals surface area (Å²) < 4.78 is 7.09. The average Bonchev–Trinajstić information content (AvgIpc) is 3.20. The predicted molar refractivity (Wildman–Crippen MR) is 114 cm³/mol. The number of hydrogen-bond acceptors (Lipinski definition) is 4. The van der Waals surface area contributed by atoms with Gasteiger partial charge >= 0.3 is 5.97 Å². The molecule has 1 fully saturated rings. The highest BCUT2D eigenvalue weighted by atomic mass is 32.2. The molecule has 1 aliphatic carbocycles. The minimum atomic E-state index is -0.108. The molecule has 0 amide bonds. The lowest BCUT2D eigenvalue weighted by Crippen LogP contribution is -2.24. The highest BCUT2D eigenvalue weighted by Crippen LogP contribution is 2.36. The van der Waals surface area contributed by atoms with Crippen molar-refractivity contribution < 1.29 is 9.53 Å². The number of aryl methyl sites for hydroxylation is 1. The molecule has 4 heteroatoms. The minimum Gasteiger partial charge on any atom is -0.458 e. The molecule has 0 spiro atoms. The van der Waals surface area contributed by atoms with Gasteiger partial charge < -0.3 is 4.74 Å². The number of thiophene rings is 2. The molecule has 0 N–H and O–H groups in total. The quantitative estimate of drug-likeness (QED) is 0.324. The van der Waals surface area contributed by atoms with E-state index in [0.29, 0.717) is 0 Å². The molecular weight excluding hydrogens is 360 g/mol. The fraction of sp³-hybridized carbons (Fsp3) is 0.682. The Balaban J connectivity index is 1.49. The second-order valence-electron chi connectivity index (χ2n) is 7.71. The number of fused-ring (bicyclic) bond motifs is 1. The number of unbranched alkanes of at least 4 members (excludes halogenated alkanes) is 3. The van der Waals surface area contributed by atoms with E-state index in [4.69, 9.17) is 4.74 Å². The van der Waals surface area contributed by atoms with Crippen LogP contribution < -0.4 is 0 Å². The molecule has 3 rings (SSSR count). The number of carbonyl (C=O) groups is 1. The van der Waals surface area contributed by atoms with E-state index >= 15 is 0 Å². The third-order valence-corrected chi connectivity index (χ3v) is 7.96. The van der Waals surface area contributed by atoms with E-state index in [1.54, 1.807) is 11.3 Å². The van der Waals surface area contributed by atoms with E-state index in [0.717, 1.165) is 23.6 Å². The van der Waals surface area contributed by atoms with Gasteiger partial charge in [0.2, 0.25) is 0 Å². The Bertz CT molecular complexity index is 661. The van der Waals surface area contributed by atoms with Gasteiger partial charge in [-0.25, -0.2) is 4.79 Å². The Morgan fingerprint density at radius 1 is 1.04 bits per heavy atom. The summed E-state index contributed by atoms with van der Waals surface area (Å²) in [6.45, 7) is 4.50. The van der Waals surface area contributed by atoms with Crippen LogP contribution in [-0.4, -0.2) is 12.1 Å². The van der Waals surface area contributed by atoms with Crippen LogP contribution in [0.1, 0.15) is 92.6 Å². The zero-order valence-electron chi connectivity index (χ0n) is 16.2. The number of esters is 1. The van der Waals surface area contributed by atoms with Crippen molar-refractivity contribution in [1.29, 1.82) is 0 Å². The van der Waals surface area contributed by atoms with Crippen molar-refractivity contribution in [3.63, 3.8) is 0 Å². The van der Waals surface area contributed by atoms with Crippen LogP contribution in [0.15, 0.2) is 12.1 Å². The summed E-state index contributed by atoms with van der Waals surface area (Å²) >= 11 is 3.46. The summed E-state index contributed by atoms with van der Waals surface area (Å²) in [5.41, 5.74) is 0. The van der Waals surface area contributed by atoms with Crippen LogP contribution in [0.3, 0.4) is 0 Å². The summed E-state index contributed by atoms with van der Waals surface area (Å²) in [6, 6.07) is 4.30. The predicted octanol–water partition coefficient (Wildman–Crippen LogP) is 7.60. The molecule has 0 aliphatic heterocycles. The number of ether oxygens (including phenoxy) is 1. The van der Waals surface area contributed by atoms with E-state index in [1.165, 1.54) is 72.1 Å². The van der Waals surface area contributed by atoms with Gasteiger partial charge in [0.1, 0.15) is 11.0 Å². The van der Waals surface area contributed by atoms with E-state index in [2.05, 4.69) is 19.9 Å². The highest BCUT2D eigenvalue weighted by molar-refractivity contribution is 7.39. The van der Waals surface area contributed by atoms with Gasteiger partial charge in [-0.1, -0.05) is 46.0 Å². The molecule has 2 nitrogen and oxygen atoms in total. The number of rotatable bonds is 9. The zero-order chi connectivity index (χ0) is 18.4. The lowest BCUT2D eigenvalue weighted by molar-refractivity contribution is 0.0166. The van der Waals surface area contributed by atoms with Gasteiger partial charge in [0, 0.05) is 10.3 Å².